The zero-order valence-corrected chi connectivity index (χ0v) is 14.2. The van der Waals surface area contributed by atoms with Crippen LogP contribution in [0.5, 0.6) is 0 Å². The lowest BCUT2D eigenvalue weighted by atomic mass is 10.2. The third kappa shape index (κ3) is 10.6. The molecule has 0 aliphatic carbocycles. The molecule has 4 N–H and O–H groups in total. The molecule has 0 spiro atoms. The van der Waals surface area contributed by atoms with Crippen LogP contribution >= 0.6 is 0 Å². The van der Waals surface area contributed by atoms with E-state index in [1.54, 1.807) is 0 Å². The minimum atomic E-state index is 0.0293. The Kier molecular flexibility index (Phi) is 12.6. The number of rotatable bonds is 13. The van der Waals surface area contributed by atoms with Crippen molar-refractivity contribution in [3.8, 4) is 0 Å². The molecular weight excluding hydrogens is 268 g/mol. The fraction of sp³-hybridized carbons (Fsp3) is 0.933. The first-order chi connectivity index (χ1) is 10.0. The summed E-state index contributed by atoms with van der Waals surface area (Å²) in [5.74, 6) is 0.0293. The molecule has 0 rings (SSSR count). The molecule has 1 unspecified atom stereocenters. The monoisotopic (exact) mass is 302 g/mol. The van der Waals surface area contributed by atoms with Gasteiger partial charge < -0.3 is 21.1 Å². The lowest BCUT2D eigenvalue weighted by Crippen LogP contribution is -2.44. The van der Waals surface area contributed by atoms with Gasteiger partial charge in [0.1, 0.15) is 0 Å². The maximum Gasteiger partial charge on any atom is 0.234 e. The first kappa shape index (κ1) is 20.3. The van der Waals surface area contributed by atoms with Crippen molar-refractivity contribution in [1.82, 2.24) is 15.5 Å². The van der Waals surface area contributed by atoms with Crippen molar-refractivity contribution in [3.05, 3.63) is 0 Å². The molecule has 0 aromatic rings. The lowest BCUT2D eigenvalue weighted by molar-refractivity contribution is -0.120. The highest BCUT2D eigenvalue weighted by molar-refractivity contribution is 5.77. The molecule has 0 radical (unpaired) electrons. The SMILES string of the molecule is CCC(C)N(CCNC(=O)CNCCOCCN)C(C)C. The van der Waals surface area contributed by atoms with Gasteiger partial charge in [-0.1, -0.05) is 6.92 Å². The maximum absolute atomic E-state index is 11.7. The average Bonchev–Trinajstić information content (AvgIpc) is 2.46. The van der Waals surface area contributed by atoms with Gasteiger partial charge in [0.2, 0.25) is 5.91 Å². The maximum atomic E-state index is 11.7. The first-order valence-electron chi connectivity index (χ1n) is 8.03. The fourth-order valence-electron chi connectivity index (χ4n) is 2.14. The van der Waals surface area contributed by atoms with Crippen LogP contribution < -0.4 is 16.4 Å². The van der Waals surface area contributed by atoms with E-state index in [2.05, 4.69) is 43.2 Å². The van der Waals surface area contributed by atoms with E-state index < -0.39 is 0 Å². The predicted molar refractivity (Wildman–Crippen MR) is 87.3 cm³/mol. The second kappa shape index (κ2) is 13.0. The summed E-state index contributed by atoms with van der Waals surface area (Å²) in [6.45, 7) is 13.0. The van der Waals surface area contributed by atoms with Gasteiger partial charge in [0, 0.05) is 38.3 Å². The van der Waals surface area contributed by atoms with Crippen molar-refractivity contribution in [3.63, 3.8) is 0 Å². The van der Waals surface area contributed by atoms with Gasteiger partial charge in [-0.3, -0.25) is 9.69 Å². The van der Waals surface area contributed by atoms with Gasteiger partial charge in [-0.2, -0.15) is 0 Å². The number of ether oxygens (including phenoxy) is 1. The van der Waals surface area contributed by atoms with Crippen LogP contribution in [0.1, 0.15) is 34.1 Å². The van der Waals surface area contributed by atoms with E-state index in [1.165, 1.54) is 0 Å². The summed E-state index contributed by atoms with van der Waals surface area (Å²) in [6, 6.07) is 1.04. The molecule has 0 saturated heterocycles. The molecule has 1 atom stereocenters. The number of amides is 1. The minimum Gasteiger partial charge on any atom is -0.379 e. The Morgan fingerprint density at radius 2 is 1.95 bits per heavy atom. The fourth-order valence-corrected chi connectivity index (χ4v) is 2.14. The Morgan fingerprint density at radius 1 is 1.24 bits per heavy atom. The Hall–Kier alpha value is -0.690. The number of nitrogens with zero attached hydrogens (tertiary/aromatic N) is 1. The average molecular weight is 302 g/mol. The molecule has 0 heterocycles. The Labute approximate surface area is 129 Å². The van der Waals surface area contributed by atoms with Crippen LogP contribution in [0.3, 0.4) is 0 Å². The number of carbonyl (C=O) groups is 1. The molecule has 0 aliphatic rings. The molecule has 21 heavy (non-hydrogen) atoms. The van der Waals surface area contributed by atoms with Crippen LogP contribution in [0, 0.1) is 0 Å². The van der Waals surface area contributed by atoms with Crippen molar-refractivity contribution in [2.45, 2.75) is 46.2 Å². The van der Waals surface area contributed by atoms with E-state index in [1.807, 2.05) is 0 Å². The van der Waals surface area contributed by atoms with Crippen molar-refractivity contribution < 1.29 is 9.53 Å². The van der Waals surface area contributed by atoms with E-state index in [0.717, 1.165) is 13.0 Å². The summed E-state index contributed by atoms with van der Waals surface area (Å²) in [5.41, 5.74) is 5.31. The number of hydrogen-bond acceptors (Lipinski definition) is 5. The molecule has 1 amide bonds. The Morgan fingerprint density at radius 3 is 2.52 bits per heavy atom. The second-order valence-electron chi connectivity index (χ2n) is 5.52. The lowest BCUT2D eigenvalue weighted by Gasteiger charge is -2.32. The summed E-state index contributed by atoms with van der Waals surface area (Å²) >= 11 is 0. The van der Waals surface area contributed by atoms with Gasteiger partial charge in [-0.15, -0.1) is 0 Å². The van der Waals surface area contributed by atoms with E-state index in [-0.39, 0.29) is 5.91 Å². The van der Waals surface area contributed by atoms with Crippen LogP contribution in [0.2, 0.25) is 0 Å². The number of nitrogens with one attached hydrogen (secondary N) is 2. The molecule has 6 nitrogen and oxygen atoms in total. The molecule has 0 fully saturated rings. The molecule has 0 aromatic carbocycles. The quantitative estimate of drug-likeness (QED) is 0.423. The van der Waals surface area contributed by atoms with Crippen molar-refractivity contribution >= 4 is 5.91 Å². The highest BCUT2D eigenvalue weighted by Gasteiger charge is 2.15. The zero-order chi connectivity index (χ0) is 16.1. The third-order valence-electron chi connectivity index (χ3n) is 3.48. The topological polar surface area (TPSA) is 79.6 Å². The van der Waals surface area contributed by atoms with E-state index in [4.69, 9.17) is 10.5 Å². The minimum absolute atomic E-state index is 0.0293. The van der Waals surface area contributed by atoms with Crippen molar-refractivity contribution in [1.29, 1.82) is 0 Å². The predicted octanol–water partition coefficient (Wildman–Crippen LogP) is 0.176. The summed E-state index contributed by atoms with van der Waals surface area (Å²) < 4.78 is 5.22. The van der Waals surface area contributed by atoms with Crippen LogP contribution in [0.25, 0.3) is 0 Å². The number of carbonyl (C=O) groups excluding carboxylic acids is 1. The van der Waals surface area contributed by atoms with Crippen LogP contribution in [0.4, 0.5) is 0 Å². The van der Waals surface area contributed by atoms with Gasteiger partial charge in [-0.25, -0.2) is 0 Å². The Balaban J connectivity index is 3.68. The summed E-state index contributed by atoms with van der Waals surface area (Å²) in [4.78, 5) is 14.1. The van der Waals surface area contributed by atoms with Crippen molar-refractivity contribution in [2.75, 3.05) is 45.9 Å². The molecule has 0 saturated carbocycles. The third-order valence-corrected chi connectivity index (χ3v) is 3.48. The summed E-state index contributed by atoms with van der Waals surface area (Å²) in [6.07, 6.45) is 1.12. The first-order valence-corrected chi connectivity index (χ1v) is 8.03. The van der Waals surface area contributed by atoms with Gasteiger partial charge >= 0.3 is 0 Å². The van der Waals surface area contributed by atoms with Crippen LogP contribution in [-0.4, -0.2) is 68.8 Å². The van der Waals surface area contributed by atoms with Gasteiger partial charge in [0.05, 0.1) is 19.8 Å². The molecular formula is C15H34N4O2. The second-order valence-corrected chi connectivity index (χ2v) is 5.52. The van der Waals surface area contributed by atoms with E-state index in [9.17, 15) is 4.79 Å². The number of hydrogen-bond donors (Lipinski definition) is 3. The summed E-state index contributed by atoms with van der Waals surface area (Å²) in [7, 11) is 0. The highest BCUT2D eigenvalue weighted by atomic mass is 16.5. The van der Waals surface area contributed by atoms with Crippen LogP contribution in [0.15, 0.2) is 0 Å². The molecule has 0 bridgehead atoms. The summed E-state index contributed by atoms with van der Waals surface area (Å²) in [5, 5.41) is 5.99. The largest absolute Gasteiger partial charge is 0.379 e. The molecule has 6 heteroatoms. The Bertz CT molecular complexity index is 262. The van der Waals surface area contributed by atoms with E-state index in [0.29, 0.717) is 51.5 Å². The highest BCUT2D eigenvalue weighted by Crippen LogP contribution is 2.07. The van der Waals surface area contributed by atoms with Gasteiger partial charge in [-0.05, 0) is 27.2 Å². The molecule has 0 aliphatic heterocycles. The smallest absolute Gasteiger partial charge is 0.234 e. The van der Waals surface area contributed by atoms with Gasteiger partial charge in [0.25, 0.3) is 0 Å². The van der Waals surface area contributed by atoms with Gasteiger partial charge in [0.15, 0.2) is 0 Å². The van der Waals surface area contributed by atoms with Crippen LogP contribution in [-0.2, 0) is 9.53 Å². The van der Waals surface area contributed by atoms with E-state index >= 15 is 0 Å². The van der Waals surface area contributed by atoms with Crippen molar-refractivity contribution in [2.24, 2.45) is 5.73 Å². The zero-order valence-electron chi connectivity index (χ0n) is 14.2. The molecule has 126 valence electrons. The normalized spacial score (nSPS) is 12.9. The number of nitrogens with two attached hydrogens (primary N) is 1. The molecule has 0 aromatic heterocycles. The standard InChI is InChI=1S/C15H34N4O2/c1-5-14(4)19(13(2)3)9-7-18-15(20)12-17-8-11-21-10-6-16/h13-14,17H,5-12,16H2,1-4H3,(H,18,20).